The summed E-state index contributed by atoms with van der Waals surface area (Å²) in [6.07, 6.45) is 2.02. The summed E-state index contributed by atoms with van der Waals surface area (Å²) in [6, 6.07) is 0. The largest absolute Gasteiger partial charge is 0.383 e. The molecule has 2 rings (SSSR count). The second-order valence-electron chi connectivity index (χ2n) is 6.36. The highest BCUT2D eigenvalue weighted by Gasteiger charge is 2.29. The van der Waals surface area contributed by atoms with Gasteiger partial charge in [0.2, 0.25) is 0 Å². The molecular formula is C18H27N5O5. The number of nitrogen functional groups attached to an aromatic ring is 1. The second-order valence-corrected chi connectivity index (χ2v) is 6.36. The van der Waals surface area contributed by atoms with Gasteiger partial charge in [0.1, 0.15) is 17.1 Å². The van der Waals surface area contributed by atoms with Crippen molar-refractivity contribution in [3.63, 3.8) is 0 Å². The molecule has 0 fully saturated rings. The molecule has 0 aliphatic heterocycles. The first-order valence-corrected chi connectivity index (χ1v) is 9.25. The summed E-state index contributed by atoms with van der Waals surface area (Å²) in [5.41, 5.74) is 5.52. The van der Waals surface area contributed by atoms with Gasteiger partial charge in [0.15, 0.2) is 5.69 Å². The fraction of sp³-hybridized carbons (Fsp3) is 0.556. The van der Waals surface area contributed by atoms with E-state index in [1.54, 1.807) is 6.92 Å². The minimum atomic E-state index is -0.730. The number of anilines is 2. The van der Waals surface area contributed by atoms with Crippen LogP contribution in [-0.4, -0.2) is 40.9 Å². The molecule has 0 atom stereocenters. The fourth-order valence-corrected chi connectivity index (χ4v) is 2.94. The van der Waals surface area contributed by atoms with Crippen molar-refractivity contribution in [1.82, 2.24) is 14.7 Å². The Labute approximate surface area is 162 Å². The van der Waals surface area contributed by atoms with E-state index in [9.17, 15) is 14.4 Å². The SMILES string of the molecule is CCCCn1c(N)c(N(CCOC)C(=O)c2c(CC)noc2C)c(=O)[nH]c1=O. The Morgan fingerprint density at radius 3 is 2.68 bits per heavy atom. The van der Waals surface area contributed by atoms with Crippen molar-refractivity contribution >= 4 is 17.4 Å². The fourth-order valence-electron chi connectivity index (χ4n) is 2.94. The van der Waals surface area contributed by atoms with Crippen molar-refractivity contribution in [2.24, 2.45) is 0 Å². The number of carbonyl (C=O) groups is 1. The van der Waals surface area contributed by atoms with E-state index >= 15 is 0 Å². The quantitative estimate of drug-likeness (QED) is 0.650. The van der Waals surface area contributed by atoms with E-state index in [0.29, 0.717) is 30.8 Å². The third-order valence-electron chi connectivity index (χ3n) is 4.47. The number of hydrogen-bond donors (Lipinski definition) is 2. The standard InChI is InChI=1S/C18H27N5O5/c1-5-7-8-23-15(19)14(16(24)20-18(23)26)22(9-10-27-4)17(25)13-11(3)28-21-12(13)6-2/h5-10,19H2,1-4H3,(H,20,24,26). The second kappa shape index (κ2) is 9.36. The van der Waals surface area contributed by atoms with Crippen LogP contribution in [0.1, 0.15) is 48.5 Å². The minimum absolute atomic E-state index is 0.0567. The van der Waals surface area contributed by atoms with Gasteiger partial charge >= 0.3 is 5.69 Å². The number of unbranched alkanes of at least 4 members (excludes halogenated alkanes) is 1. The number of methoxy groups -OCH3 is 1. The number of rotatable bonds is 9. The Morgan fingerprint density at radius 2 is 2.07 bits per heavy atom. The average Bonchev–Trinajstić information content (AvgIpc) is 3.04. The summed E-state index contributed by atoms with van der Waals surface area (Å²) in [5.74, 6) is -0.192. The zero-order valence-corrected chi connectivity index (χ0v) is 16.7. The Kier molecular flexibility index (Phi) is 7.16. The van der Waals surface area contributed by atoms with Gasteiger partial charge in [-0.05, 0) is 19.8 Å². The van der Waals surface area contributed by atoms with Crippen molar-refractivity contribution in [2.75, 3.05) is 30.9 Å². The molecular weight excluding hydrogens is 366 g/mol. The highest BCUT2D eigenvalue weighted by atomic mass is 16.5. The van der Waals surface area contributed by atoms with Crippen LogP contribution < -0.4 is 21.9 Å². The first kappa shape index (κ1) is 21.4. The summed E-state index contributed by atoms with van der Waals surface area (Å²) < 4.78 is 11.5. The van der Waals surface area contributed by atoms with Crippen LogP contribution in [0.5, 0.6) is 0 Å². The van der Waals surface area contributed by atoms with Gasteiger partial charge in [-0.2, -0.15) is 0 Å². The monoisotopic (exact) mass is 393 g/mol. The molecule has 10 heteroatoms. The zero-order valence-electron chi connectivity index (χ0n) is 16.7. The number of aromatic nitrogens is 3. The zero-order chi connectivity index (χ0) is 20.8. The first-order valence-electron chi connectivity index (χ1n) is 9.25. The van der Waals surface area contributed by atoms with Crippen molar-refractivity contribution in [2.45, 2.75) is 46.6 Å². The van der Waals surface area contributed by atoms with E-state index in [1.807, 2.05) is 13.8 Å². The van der Waals surface area contributed by atoms with Crippen molar-refractivity contribution in [3.05, 3.63) is 37.9 Å². The van der Waals surface area contributed by atoms with Gasteiger partial charge in [0.05, 0.1) is 12.3 Å². The summed E-state index contributed by atoms with van der Waals surface area (Å²) in [6.45, 7) is 6.03. The lowest BCUT2D eigenvalue weighted by Crippen LogP contribution is -2.43. The molecule has 2 aromatic rings. The maximum atomic E-state index is 13.3. The Morgan fingerprint density at radius 1 is 1.36 bits per heavy atom. The number of aromatic amines is 1. The van der Waals surface area contributed by atoms with E-state index in [-0.39, 0.29) is 30.2 Å². The molecule has 1 amide bonds. The molecule has 2 heterocycles. The number of nitrogens with zero attached hydrogens (tertiary/aromatic N) is 3. The highest BCUT2D eigenvalue weighted by molar-refractivity contribution is 6.08. The Bertz CT molecular complexity index is 943. The van der Waals surface area contributed by atoms with E-state index in [0.717, 1.165) is 6.42 Å². The molecule has 3 N–H and O–H groups in total. The van der Waals surface area contributed by atoms with Crippen molar-refractivity contribution < 1.29 is 14.1 Å². The number of amides is 1. The van der Waals surface area contributed by atoms with Gasteiger partial charge in [-0.25, -0.2) is 4.79 Å². The number of nitrogens with one attached hydrogen (secondary N) is 1. The van der Waals surface area contributed by atoms with Gasteiger partial charge in [0, 0.05) is 20.2 Å². The van der Waals surface area contributed by atoms with Gasteiger partial charge < -0.3 is 15.0 Å². The van der Waals surface area contributed by atoms with Crippen LogP contribution in [0.3, 0.4) is 0 Å². The van der Waals surface area contributed by atoms with Gasteiger partial charge in [-0.15, -0.1) is 0 Å². The molecule has 0 bridgehead atoms. The topological polar surface area (TPSA) is 136 Å². The van der Waals surface area contributed by atoms with Crippen LogP contribution in [0.15, 0.2) is 14.1 Å². The van der Waals surface area contributed by atoms with Crippen LogP contribution in [-0.2, 0) is 17.7 Å². The van der Waals surface area contributed by atoms with Crippen LogP contribution >= 0.6 is 0 Å². The average molecular weight is 393 g/mol. The summed E-state index contributed by atoms with van der Waals surface area (Å²) >= 11 is 0. The maximum absolute atomic E-state index is 13.3. The normalized spacial score (nSPS) is 11.0. The smallest absolute Gasteiger partial charge is 0.330 e. The van der Waals surface area contributed by atoms with Crippen LogP contribution in [0.25, 0.3) is 0 Å². The third-order valence-corrected chi connectivity index (χ3v) is 4.47. The maximum Gasteiger partial charge on any atom is 0.330 e. The molecule has 0 aromatic carbocycles. The highest BCUT2D eigenvalue weighted by Crippen LogP contribution is 2.23. The van der Waals surface area contributed by atoms with E-state index in [2.05, 4.69) is 10.1 Å². The van der Waals surface area contributed by atoms with Crippen LogP contribution in [0.4, 0.5) is 11.5 Å². The lowest BCUT2D eigenvalue weighted by molar-refractivity contribution is 0.0973. The number of nitrogens with two attached hydrogens (primary N) is 1. The molecule has 154 valence electrons. The molecule has 10 nitrogen and oxygen atoms in total. The molecule has 28 heavy (non-hydrogen) atoms. The van der Waals surface area contributed by atoms with Gasteiger partial charge in [-0.3, -0.25) is 24.0 Å². The number of carbonyl (C=O) groups excluding carboxylic acids is 1. The van der Waals surface area contributed by atoms with E-state index < -0.39 is 17.2 Å². The lowest BCUT2D eigenvalue weighted by atomic mass is 10.1. The predicted octanol–water partition coefficient (Wildman–Crippen LogP) is 1.07. The Balaban J connectivity index is 2.63. The minimum Gasteiger partial charge on any atom is -0.383 e. The predicted molar refractivity (Wildman–Crippen MR) is 105 cm³/mol. The summed E-state index contributed by atoms with van der Waals surface area (Å²) in [5, 5.41) is 3.90. The van der Waals surface area contributed by atoms with Crippen molar-refractivity contribution in [3.8, 4) is 0 Å². The van der Waals surface area contributed by atoms with Gasteiger partial charge in [0.25, 0.3) is 11.5 Å². The molecule has 2 aromatic heterocycles. The molecule has 0 saturated carbocycles. The van der Waals surface area contributed by atoms with Gasteiger partial charge in [-0.1, -0.05) is 25.4 Å². The first-order chi connectivity index (χ1) is 13.4. The molecule has 0 radical (unpaired) electrons. The molecule has 0 spiro atoms. The summed E-state index contributed by atoms with van der Waals surface area (Å²) in [4.78, 5) is 41.5. The number of aryl methyl sites for hydroxylation is 2. The van der Waals surface area contributed by atoms with Crippen molar-refractivity contribution in [1.29, 1.82) is 0 Å². The molecule has 0 aliphatic rings. The van der Waals surface area contributed by atoms with E-state index in [1.165, 1.54) is 16.6 Å². The van der Waals surface area contributed by atoms with Crippen LogP contribution in [0.2, 0.25) is 0 Å². The summed E-state index contributed by atoms with van der Waals surface area (Å²) in [7, 11) is 1.49. The number of hydrogen-bond acceptors (Lipinski definition) is 7. The van der Waals surface area contributed by atoms with Crippen LogP contribution in [0, 0.1) is 6.92 Å². The molecule has 0 unspecified atom stereocenters. The number of ether oxygens (including phenoxy) is 1. The molecule has 0 saturated heterocycles. The lowest BCUT2D eigenvalue weighted by Gasteiger charge is -2.24. The number of H-pyrrole nitrogens is 1. The van der Waals surface area contributed by atoms with E-state index in [4.69, 9.17) is 15.0 Å². The Hall–Kier alpha value is -2.88. The third kappa shape index (κ3) is 4.16. The molecule has 0 aliphatic carbocycles.